The summed E-state index contributed by atoms with van der Waals surface area (Å²) >= 11 is 1.69. The SMILES string of the molecule is CCCCCCOC(C)C1=C(C)C2=NC1=CC1=NC(=CC3=C(C)C4=C(O)CC(=C5NC(=C2)[C@@H](C)[C@@H]5CCC(=O)Nc2ccc(SC5=CC(/C=C/C6=[N+](CCCCS(=O)(=O)O)c7ccc8ccccc8c7C6(C)C)CC/C5=C/C=C5\N(CCCCS(=O)(=O)O)c6ccc7ccccc7c6C5(C)C)cc2)C4=N3)C(CC)=C1C. The number of ether oxygens (including phenoxy) is 1. The lowest BCUT2D eigenvalue weighted by Gasteiger charge is -2.28. The van der Waals surface area contributed by atoms with Crippen LogP contribution >= 0.6 is 11.8 Å². The Bertz CT molecular complexity index is 5430. The van der Waals surface area contributed by atoms with Gasteiger partial charge in [-0.3, -0.25) is 13.9 Å². The lowest BCUT2D eigenvalue weighted by Crippen LogP contribution is -2.28. The smallest absolute Gasteiger partial charge is 0.264 e. The fraction of sp³-hybridized carbons (Fsp3) is 0.396. The summed E-state index contributed by atoms with van der Waals surface area (Å²) in [5, 5.41) is 23.7. The molecule has 0 spiro atoms. The van der Waals surface area contributed by atoms with Gasteiger partial charge in [0.2, 0.25) is 11.6 Å². The van der Waals surface area contributed by atoms with Gasteiger partial charge in [0.1, 0.15) is 12.3 Å². The topological polar surface area (TPSA) is 223 Å². The average molecular weight is 1540 g/mol. The van der Waals surface area contributed by atoms with Crippen LogP contribution in [-0.2, 0) is 40.6 Å². The standard InChI is InChI=1S/C91H103N7O9S3/c1-12-14-15-22-47-107-59(7)84-57(5)73-52-72-56(4)67(88(95-72)70-51-79(99)85-58(6)74(96-89(70)85)53-75-66(13-2)55(3)71(93-75)54-76(84)94-73)39-44-83(100)92-64-35-37-65(38-36-64)108-80-50-60(30-42-81-90(8,9)86-68-27-18-16-25-61(68)32-40-77(86)97(81)45-20-23-48-109(101,102)103)29-31-63(80)34-43-82-91(10,11)87-69-28-19-17-26-62(69)33-41-78(87)98(82)46-21-24-49-110(104,105)106/h16-19,25-28,30,32-38,40-43,50,52-54,56,59-60,67H,12-15,20-24,29,31,39,44-49,51H2,1-11H3,(H4-,92,93,94,95,96,99,100,101,102,103,104,105,106)/p+1/b42-30+,63-34-,82-43-/t56-,59?,60?,67-/m0/s1. The normalized spacial score (nSPS) is 21.8. The molecule has 574 valence electrons. The number of anilines is 2. The van der Waals surface area contributed by atoms with Gasteiger partial charge in [0, 0.05) is 122 Å². The average Bonchev–Trinajstić information content (AvgIpc) is 1.58. The number of unbranched alkanes of at least 4 members (excludes halogenated alkanes) is 5. The number of benzene rings is 5. The minimum Gasteiger partial charge on any atom is -0.511 e. The van der Waals surface area contributed by atoms with E-state index in [2.05, 4.69) is 223 Å². The Hall–Kier alpha value is -8.82. The zero-order valence-corrected chi connectivity index (χ0v) is 67.8. The summed E-state index contributed by atoms with van der Waals surface area (Å²) in [5.41, 5.74) is 21.7. The van der Waals surface area contributed by atoms with Crippen LogP contribution in [0, 0.1) is 17.8 Å². The number of aliphatic hydroxyl groups excluding tert-OH is 1. The third-order valence-electron chi connectivity index (χ3n) is 23.9. The monoisotopic (exact) mass is 1530 g/mol. The van der Waals surface area contributed by atoms with Crippen LogP contribution in [0.4, 0.5) is 17.1 Å². The quantitative estimate of drug-likeness (QED) is 0.0188. The molecule has 19 heteroatoms. The highest BCUT2D eigenvalue weighted by molar-refractivity contribution is 8.03. The second-order valence-electron chi connectivity index (χ2n) is 31.9. The largest absolute Gasteiger partial charge is 0.511 e. The van der Waals surface area contributed by atoms with Crippen molar-refractivity contribution in [3.63, 3.8) is 0 Å². The van der Waals surface area contributed by atoms with Gasteiger partial charge in [-0.25, -0.2) is 15.0 Å². The van der Waals surface area contributed by atoms with Crippen LogP contribution in [0.15, 0.2) is 255 Å². The van der Waals surface area contributed by atoms with Crippen LogP contribution < -0.4 is 15.5 Å². The van der Waals surface area contributed by atoms with Gasteiger partial charge in [0.15, 0.2) is 5.71 Å². The van der Waals surface area contributed by atoms with Gasteiger partial charge in [-0.05, 0) is 215 Å². The number of nitrogens with one attached hydrogen (secondary N) is 2. The number of rotatable bonds is 27. The van der Waals surface area contributed by atoms with E-state index in [0.29, 0.717) is 63.9 Å². The van der Waals surface area contributed by atoms with Gasteiger partial charge in [-0.2, -0.15) is 21.4 Å². The first-order valence-corrected chi connectivity index (χ1v) is 43.5. The zero-order chi connectivity index (χ0) is 77.7. The fourth-order valence-corrected chi connectivity index (χ4v) is 20.3. The highest BCUT2D eigenvalue weighted by Gasteiger charge is 2.47. The fourth-order valence-electron chi connectivity index (χ4n) is 18.1. The molecule has 1 amide bonds. The highest BCUT2D eigenvalue weighted by atomic mass is 32.2. The summed E-state index contributed by atoms with van der Waals surface area (Å²) in [7, 11) is -8.24. The van der Waals surface area contributed by atoms with E-state index in [-0.39, 0.29) is 53.5 Å². The Morgan fingerprint density at radius 2 is 1.46 bits per heavy atom. The van der Waals surface area contributed by atoms with Crippen molar-refractivity contribution in [1.82, 2.24) is 5.32 Å². The molecule has 9 aliphatic rings. The van der Waals surface area contributed by atoms with Crippen molar-refractivity contribution in [2.45, 2.75) is 188 Å². The molecule has 0 saturated carbocycles. The van der Waals surface area contributed by atoms with E-state index < -0.39 is 31.1 Å². The number of hydrogen-bond donors (Lipinski definition) is 5. The Morgan fingerprint density at radius 3 is 2.18 bits per heavy atom. The molecule has 5 N–H and O–H groups in total. The van der Waals surface area contributed by atoms with Crippen LogP contribution in [0.3, 0.4) is 0 Å². The molecular formula is C91H104N7O9S3+. The van der Waals surface area contributed by atoms with Crippen LogP contribution in [-0.4, -0.2) is 102 Å². The molecule has 5 aromatic rings. The van der Waals surface area contributed by atoms with E-state index in [0.717, 1.165) is 167 Å². The minimum absolute atomic E-state index is 0.0317. The number of thioether (sulfide) groups is 1. The summed E-state index contributed by atoms with van der Waals surface area (Å²) in [6.45, 7) is 25.9. The van der Waals surface area contributed by atoms with E-state index in [1.54, 1.807) is 11.8 Å². The molecule has 0 aromatic heterocycles. The number of allylic oxidation sites excluding steroid dienone is 18. The van der Waals surface area contributed by atoms with Crippen molar-refractivity contribution in [3.8, 4) is 0 Å². The van der Waals surface area contributed by atoms with E-state index in [9.17, 15) is 35.8 Å². The lowest BCUT2D eigenvalue weighted by atomic mass is 9.78. The van der Waals surface area contributed by atoms with Crippen molar-refractivity contribution >= 4 is 99.4 Å². The Morgan fingerprint density at radius 1 is 0.773 bits per heavy atom. The summed E-state index contributed by atoms with van der Waals surface area (Å²) in [4.78, 5) is 35.0. The van der Waals surface area contributed by atoms with Crippen LogP contribution in [0.25, 0.3) is 21.5 Å². The van der Waals surface area contributed by atoms with Crippen molar-refractivity contribution < 1.29 is 45.2 Å². The van der Waals surface area contributed by atoms with Gasteiger partial charge >= 0.3 is 0 Å². The summed E-state index contributed by atoms with van der Waals surface area (Å²) < 4.78 is 76.0. The molecule has 8 bridgehead atoms. The number of hydrogen-bond acceptors (Lipinski definition) is 13. The maximum Gasteiger partial charge on any atom is 0.264 e. The molecule has 2 unspecified atom stereocenters. The van der Waals surface area contributed by atoms with Crippen molar-refractivity contribution in [2.24, 2.45) is 32.7 Å². The molecule has 1 fully saturated rings. The minimum atomic E-state index is -4.13. The second kappa shape index (κ2) is 31.7. The van der Waals surface area contributed by atoms with Gasteiger partial charge in [-0.15, -0.1) is 0 Å². The van der Waals surface area contributed by atoms with E-state index in [4.69, 9.17) is 19.7 Å². The number of amides is 1. The summed E-state index contributed by atoms with van der Waals surface area (Å²) in [6, 6.07) is 33.7. The molecule has 1 saturated heterocycles. The van der Waals surface area contributed by atoms with Crippen molar-refractivity contribution in [2.75, 3.05) is 41.4 Å². The Kier molecular flexibility index (Phi) is 22.5. The van der Waals surface area contributed by atoms with Gasteiger partial charge in [0.05, 0.1) is 57.3 Å². The van der Waals surface area contributed by atoms with Crippen LogP contribution in [0.1, 0.15) is 177 Å². The number of carbonyl (C=O) groups excluding carboxylic acids is 1. The first kappa shape index (κ1) is 77.9. The first-order valence-electron chi connectivity index (χ1n) is 39.5. The second-order valence-corrected chi connectivity index (χ2v) is 36.2. The molecule has 16 nitrogen and oxygen atoms in total. The Labute approximate surface area is 653 Å². The Balaban J connectivity index is 0.760. The summed E-state index contributed by atoms with van der Waals surface area (Å²) in [5.74, 6) is -0.573. The van der Waals surface area contributed by atoms with Crippen molar-refractivity contribution in [3.05, 3.63) is 246 Å². The molecular weight excluding hydrogens is 1430 g/mol. The number of aliphatic hydroxyl groups is 1. The van der Waals surface area contributed by atoms with Gasteiger partial charge < -0.3 is 25.4 Å². The molecule has 110 heavy (non-hydrogen) atoms. The molecule has 14 rings (SSSR count). The molecule has 2 aliphatic carbocycles. The van der Waals surface area contributed by atoms with Crippen LogP contribution in [0.5, 0.6) is 0 Å². The first-order chi connectivity index (χ1) is 52.6. The van der Waals surface area contributed by atoms with E-state index in [1.165, 1.54) is 33.9 Å². The van der Waals surface area contributed by atoms with Gasteiger partial charge in [0.25, 0.3) is 20.2 Å². The number of aliphatic imine (C=N–C) groups is 3. The van der Waals surface area contributed by atoms with Crippen molar-refractivity contribution in [1.29, 1.82) is 0 Å². The predicted molar refractivity (Wildman–Crippen MR) is 450 cm³/mol. The molecule has 7 heterocycles. The van der Waals surface area contributed by atoms with Gasteiger partial charge in [-0.1, -0.05) is 138 Å². The molecule has 7 aliphatic heterocycles. The lowest BCUT2D eigenvalue weighted by molar-refractivity contribution is -0.438. The maximum atomic E-state index is 14.5. The number of fused-ring (bicyclic) bond motifs is 11. The van der Waals surface area contributed by atoms with Crippen LogP contribution in [0.2, 0.25) is 0 Å². The predicted octanol–water partition coefficient (Wildman–Crippen LogP) is 20.3. The summed E-state index contributed by atoms with van der Waals surface area (Å²) in [6.07, 6.45) is 27.3. The van der Waals surface area contributed by atoms with E-state index in [1.807, 2.05) is 19.1 Å². The molecule has 0 radical (unpaired) electrons. The zero-order valence-electron chi connectivity index (χ0n) is 65.4. The van der Waals surface area contributed by atoms with E-state index >= 15 is 0 Å². The number of carbonyl (C=O) groups is 1. The molecule has 4 atom stereocenters. The maximum absolute atomic E-state index is 14.5. The molecule has 5 aromatic carbocycles. The third-order valence-corrected chi connectivity index (χ3v) is 26.6. The highest BCUT2D eigenvalue weighted by Crippen LogP contribution is 2.53. The third kappa shape index (κ3) is 15.8. The number of nitrogens with zero attached hydrogens (tertiary/aromatic N) is 5.